The van der Waals surface area contributed by atoms with Crippen LogP contribution in [0.4, 0.5) is 5.13 Å². The van der Waals surface area contributed by atoms with Crippen LogP contribution in [0.3, 0.4) is 0 Å². The highest BCUT2D eigenvalue weighted by Crippen LogP contribution is 2.30. The van der Waals surface area contributed by atoms with Crippen LogP contribution in [-0.2, 0) is 4.74 Å². The molecule has 0 spiro atoms. The zero-order valence-electron chi connectivity index (χ0n) is 12.7. The molecule has 0 aliphatic heterocycles. The summed E-state index contributed by atoms with van der Waals surface area (Å²) in [7, 11) is 1.28. The average molecular weight is 298 g/mol. The third-order valence-corrected chi connectivity index (χ3v) is 4.80. The molecule has 1 rings (SSSR count). The average Bonchev–Trinajstić information content (AvgIpc) is 2.88. The van der Waals surface area contributed by atoms with E-state index in [0.717, 1.165) is 19.3 Å². The molecule has 0 bridgehead atoms. The molecule has 0 fully saturated rings. The zero-order chi connectivity index (χ0) is 15.3. The van der Waals surface area contributed by atoms with Gasteiger partial charge >= 0.3 is 5.97 Å². The molecule has 0 saturated carbocycles. The molecule has 0 unspecified atom stereocenters. The predicted octanol–water partition coefficient (Wildman–Crippen LogP) is 3.51. The lowest BCUT2D eigenvalue weighted by Crippen LogP contribution is -2.36. The molecule has 112 valence electrons. The van der Waals surface area contributed by atoms with Gasteiger partial charge in [0.25, 0.3) is 0 Å². The fourth-order valence-electron chi connectivity index (χ4n) is 2.09. The SMILES string of the molecule is CCC(CC)(CC)Nc1nc(C(=O)OC)c(C(C)=O)s1. The van der Waals surface area contributed by atoms with Gasteiger partial charge in [0.1, 0.15) is 4.88 Å². The lowest BCUT2D eigenvalue weighted by molar-refractivity contribution is 0.0591. The third-order valence-electron chi connectivity index (χ3n) is 3.73. The summed E-state index contributed by atoms with van der Waals surface area (Å²) in [6.07, 6.45) is 2.84. The monoisotopic (exact) mass is 298 g/mol. The van der Waals surface area contributed by atoms with Gasteiger partial charge in [0.15, 0.2) is 16.6 Å². The normalized spacial score (nSPS) is 11.2. The number of ketones is 1. The maximum absolute atomic E-state index is 11.7. The molecule has 0 saturated heterocycles. The van der Waals surface area contributed by atoms with Crippen molar-refractivity contribution in [3.63, 3.8) is 0 Å². The first kappa shape index (κ1) is 16.6. The summed E-state index contributed by atoms with van der Waals surface area (Å²) in [6.45, 7) is 7.76. The summed E-state index contributed by atoms with van der Waals surface area (Å²) in [5.41, 5.74) is 0.0453. The van der Waals surface area contributed by atoms with Crippen LogP contribution in [0, 0.1) is 0 Å². The van der Waals surface area contributed by atoms with Crippen molar-refractivity contribution in [2.75, 3.05) is 12.4 Å². The molecule has 0 amide bonds. The Morgan fingerprint density at radius 2 is 1.80 bits per heavy atom. The highest BCUT2D eigenvalue weighted by atomic mass is 32.1. The van der Waals surface area contributed by atoms with Gasteiger partial charge in [0, 0.05) is 12.5 Å². The fraction of sp³-hybridized carbons (Fsp3) is 0.643. The molecule has 20 heavy (non-hydrogen) atoms. The van der Waals surface area contributed by atoms with Gasteiger partial charge in [0.2, 0.25) is 0 Å². The second-order valence-electron chi connectivity index (χ2n) is 4.71. The molecular formula is C14H22N2O3S. The summed E-state index contributed by atoms with van der Waals surface area (Å²) in [4.78, 5) is 27.9. The number of nitrogens with zero attached hydrogens (tertiary/aromatic N) is 1. The number of hydrogen-bond donors (Lipinski definition) is 1. The van der Waals surface area contributed by atoms with E-state index < -0.39 is 5.97 Å². The number of methoxy groups -OCH3 is 1. The quantitative estimate of drug-likeness (QED) is 0.616. The highest BCUT2D eigenvalue weighted by Gasteiger charge is 2.28. The molecule has 1 aromatic heterocycles. The van der Waals surface area contributed by atoms with Crippen molar-refractivity contribution in [3.05, 3.63) is 10.6 Å². The van der Waals surface area contributed by atoms with Gasteiger partial charge in [-0.1, -0.05) is 32.1 Å². The van der Waals surface area contributed by atoms with Gasteiger partial charge in [-0.2, -0.15) is 0 Å². The van der Waals surface area contributed by atoms with E-state index in [9.17, 15) is 9.59 Å². The van der Waals surface area contributed by atoms with Crippen LogP contribution in [0.2, 0.25) is 0 Å². The maximum atomic E-state index is 11.7. The van der Waals surface area contributed by atoms with Gasteiger partial charge in [-0.05, 0) is 19.3 Å². The van der Waals surface area contributed by atoms with Gasteiger partial charge in [0.05, 0.1) is 7.11 Å². The number of aromatic nitrogens is 1. The standard InChI is InChI=1S/C14H22N2O3S/c1-6-14(7-2,8-3)16-13-15-10(12(18)19-5)11(20-13)9(4)17/h6-8H2,1-5H3,(H,15,16). The van der Waals surface area contributed by atoms with Crippen LogP contribution in [0.5, 0.6) is 0 Å². The van der Waals surface area contributed by atoms with E-state index >= 15 is 0 Å². The van der Waals surface area contributed by atoms with Crippen LogP contribution in [-0.4, -0.2) is 29.4 Å². The number of carbonyl (C=O) groups is 2. The van der Waals surface area contributed by atoms with Crippen molar-refractivity contribution in [1.82, 2.24) is 4.98 Å². The lowest BCUT2D eigenvalue weighted by atomic mass is 9.90. The van der Waals surface area contributed by atoms with Crippen LogP contribution >= 0.6 is 11.3 Å². The van der Waals surface area contributed by atoms with Crippen LogP contribution in [0.1, 0.15) is 67.1 Å². The summed E-state index contributed by atoms with van der Waals surface area (Å²) in [5, 5.41) is 3.98. The first-order valence-corrected chi connectivity index (χ1v) is 7.62. The highest BCUT2D eigenvalue weighted by molar-refractivity contribution is 7.17. The Kier molecular flexibility index (Phi) is 5.68. The minimum absolute atomic E-state index is 0.0562. The minimum atomic E-state index is -0.574. The molecule has 1 aromatic rings. The van der Waals surface area contributed by atoms with Gasteiger partial charge in [-0.25, -0.2) is 9.78 Å². The van der Waals surface area contributed by atoms with Crippen molar-refractivity contribution >= 4 is 28.2 Å². The van der Waals surface area contributed by atoms with Gasteiger partial charge in [-0.3, -0.25) is 4.79 Å². The Balaban J connectivity index is 3.15. The van der Waals surface area contributed by atoms with E-state index in [-0.39, 0.29) is 17.0 Å². The minimum Gasteiger partial charge on any atom is -0.464 e. The number of rotatable bonds is 7. The maximum Gasteiger partial charge on any atom is 0.358 e. The lowest BCUT2D eigenvalue weighted by Gasteiger charge is -2.31. The van der Waals surface area contributed by atoms with Gasteiger partial charge < -0.3 is 10.1 Å². The summed E-state index contributed by atoms with van der Waals surface area (Å²) in [5.74, 6) is -0.749. The topological polar surface area (TPSA) is 68.3 Å². The number of nitrogens with one attached hydrogen (secondary N) is 1. The molecule has 0 aromatic carbocycles. The molecule has 0 atom stereocenters. The van der Waals surface area contributed by atoms with E-state index in [1.807, 2.05) is 0 Å². The number of carbonyl (C=O) groups excluding carboxylic acids is 2. The first-order chi connectivity index (χ1) is 9.42. The molecule has 0 aliphatic carbocycles. The van der Waals surface area contributed by atoms with Crippen LogP contribution in [0.15, 0.2) is 0 Å². The van der Waals surface area contributed by atoms with E-state index in [1.165, 1.54) is 25.4 Å². The Hall–Kier alpha value is -1.43. The van der Waals surface area contributed by atoms with Crippen molar-refractivity contribution in [2.24, 2.45) is 0 Å². The van der Waals surface area contributed by atoms with Crippen LogP contribution < -0.4 is 5.32 Å². The van der Waals surface area contributed by atoms with Crippen molar-refractivity contribution < 1.29 is 14.3 Å². The number of Topliss-reactive ketones (excluding diaryl/α,β-unsaturated/α-hetero) is 1. The van der Waals surface area contributed by atoms with Crippen molar-refractivity contribution in [2.45, 2.75) is 52.5 Å². The van der Waals surface area contributed by atoms with E-state index in [0.29, 0.717) is 10.0 Å². The van der Waals surface area contributed by atoms with E-state index in [2.05, 4.69) is 35.8 Å². The Morgan fingerprint density at radius 1 is 1.25 bits per heavy atom. The second-order valence-corrected chi connectivity index (χ2v) is 5.71. The molecule has 0 radical (unpaired) electrons. The van der Waals surface area contributed by atoms with E-state index in [4.69, 9.17) is 0 Å². The van der Waals surface area contributed by atoms with E-state index in [1.54, 1.807) is 0 Å². The molecule has 0 aliphatic rings. The summed E-state index contributed by atoms with van der Waals surface area (Å²) in [6, 6.07) is 0. The smallest absolute Gasteiger partial charge is 0.358 e. The largest absolute Gasteiger partial charge is 0.464 e. The van der Waals surface area contributed by atoms with Crippen molar-refractivity contribution in [3.8, 4) is 0 Å². The number of ether oxygens (including phenoxy) is 1. The number of esters is 1. The second kappa shape index (κ2) is 6.83. The van der Waals surface area contributed by atoms with Gasteiger partial charge in [-0.15, -0.1) is 0 Å². The van der Waals surface area contributed by atoms with Crippen LogP contribution in [0.25, 0.3) is 0 Å². The molecule has 6 heteroatoms. The Bertz CT molecular complexity index is 484. The number of anilines is 1. The number of hydrogen-bond acceptors (Lipinski definition) is 6. The fourth-order valence-corrected chi connectivity index (χ4v) is 3.06. The molecule has 1 N–H and O–H groups in total. The Morgan fingerprint density at radius 3 is 2.20 bits per heavy atom. The Labute approximate surface area is 123 Å². The third kappa shape index (κ3) is 3.36. The molecular weight excluding hydrogens is 276 g/mol. The number of thiazole rings is 1. The molecule has 5 nitrogen and oxygen atoms in total. The molecule has 1 heterocycles. The summed E-state index contributed by atoms with van der Waals surface area (Å²) < 4.78 is 4.67. The summed E-state index contributed by atoms with van der Waals surface area (Å²) >= 11 is 1.21. The zero-order valence-corrected chi connectivity index (χ0v) is 13.5. The predicted molar refractivity (Wildman–Crippen MR) is 80.7 cm³/mol. The first-order valence-electron chi connectivity index (χ1n) is 6.81. The van der Waals surface area contributed by atoms with Crippen molar-refractivity contribution in [1.29, 1.82) is 0 Å².